The third-order valence-electron chi connectivity index (χ3n) is 3.07. The van der Waals surface area contributed by atoms with E-state index in [9.17, 15) is 9.90 Å². The highest BCUT2D eigenvalue weighted by molar-refractivity contribution is 7.12. The minimum atomic E-state index is -0.408. The van der Waals surface area contributed by atoms with Crippen molar-refractivity contribution in [3.63, 3.8) is 0 Å². The van der Waals surface area contributed by atoms with Crippen molar-refractivity contribution in [2.75, 3.05) is 19.8 Å². The monoisotopic (exact) mass is 269 g/mol. The Balaban J connectivity index is 1.72. The Morgan fingerprint density at radius 1 is 1.67 bits per heavy atom. The quantitative estimate of drug-likeness (QED) is 0.851. The van der Waals surface area contributed by atoms with Crippen LogP contribution in [0.15, 0.2) is 12.1 Å². The minimum absolute atomic E-state index is 0.0290. The molecule has 2 N–H and O–H groups in total. The van der Waals surface area contributed by atoms with Crippen LogP contribution in [0.3, 0.4) is 0 Å². The molecule has 4 nitrogen and oxygen atoms in total. The highest BCUT2D eigenvalue weighted by atomic mass is 32.1. The van der Waals surface area contributed by atoms with Gasteiger partial charge in [0, 0.05) is 22.9 Å². The van der Waals surface area contributed by atoms with E-state index in [-0.39, 0.29) is 11.8 Å². The molecule has 2 rings (SSSR count). The molecular weight excluding hydrogens is 250 g/mol. The van der Waals surface area contributed by atoms with Gasteiger partial charge in [0.2, 0.25) is 5.91 Å². The highest BCUT2D eigenvalue weighted by Crippen LogP contribution is 2.23. The van der Waals surface area contributed by atoms with E-state index in [4.69, 9.17) is 4.74 Å². The zero-order chi connectivity index (χ0) is 13.0. The van der Waals surface area contributed by atoms with Gasteiger partial charge in [0.15, 0.2) is 0 Å². The van der Waals surface area contributed by atoms with Gasteiger partial charge >= 0.3 is 0 Å². The minimum Gasteiger partial charge on any atom is -0.388 e. The number of carbonyl (C=O) groups is 1. The number of amides is 1. The van der Waals surface area contributed by atoms with Gasteiger partial charge in [-0.15, -0.1) is 11.3 Å². The molecule has 5 heteroatoms. The average molecular weight is 269 g/mol. The second-order valence-corrected chi connectivity index (χ2v) is 5.78. The maximum atomic E-state index is 11.7. The summed E-state index contributed by atoms with van der Waals surface area (Å²) >= 11 is 1.60. The van der Waals surface area contributed by atoms with Gasteiger partial charge in [-0.05, 0) is 31.9 Å². The predicted octanol–water partition coefficient (Wildman–Crippen LogP) is 1.50. The molecule has 0 unspecified atom stereocenters. The van der Waals surface area contributed by atoms with Crippen LogP contribution in [-0.2, 0) is 16.0 Å². The van der Waals surface area contributed by atoms with E-state index in [1.54, 1.807) is 18.3 Å². The second-order valence-electron chi connectivity index (χ2n) is 4.58. The van der Waals surface area contributed by atoms with Crippen LogP contribution in [0.1, 0.15) is 29.2 Å². The Hall–Kier alpha value is -0.910. The lowest BCUT2D eigenvalue weighted by Gasteiger charge is -2.08. The summed E-state index contributed by atoms with van der Waals surface area (Å²) in [6.45, 7) is 3.66. The molecule has 0 aliphatic carbocycles. The Labute approximate surface area is 111 Å². The second kappa shape index (κ2) is 6.31. The summed E-state index contributed by atoms with van der Waals surface area (Å²) in [5.74, 6) is 0.126. The molecule has 1 amide bonds. The van der Waals surface area contributed by atoms with E-state index in [1.807, 2.05) is 12.1 Å². The lowest BCUT2D eigenvalue weighted by Crippen LogP contribution is -2.32. The molecule has 1 saturated heterocycles. The summed E-state index contributed by atoms with van der Waals surface area (Å²) in [4.78, 5) is 13.9. The maximum Gasteiger partial charge on any atom is 0.225 e. The van der Waals surface area contributed by atoms with Crippen LogP contribution in [0.25, 0.3) is 0 Å². The third-order valence-corrected chi connectivity index (χ3v) is 4.38. The van der Waals surface area contributed by atoms with Crippen molar-refractivity contribution in [1.82, 2.24) is 5.32 Å². The van der Waals surface area contributed by atoms with Crippen molar-refractivity contribution >= 4 is 17.2 Å². The summed E-state index contributed by atoms with van der Waals surface area (Å²) in [5, 5.41) is 12.4. The summed E-state index contributed by atoms with van der Waals surface area (Å²) in [7, 11) is 0. The first-order valence-corrected chi connectivity index (χ1v) is 7.10. The molecule has 1 aliphatic rings. The van der Waals surface area contributed by atoms with Crippen LogP contribution in [0.5, 0.6) is 0 Å². The van der Waals surface area contributed by atoms with Crippen molar-refractivity contribution < 1.29 is 14.6 Å². The number of nitrogens with one attached hydrogen (secondary N) is 1. The number of rotatable bonds is 5. The molecule has 0 spiro atoms. The van der Waals surface area contributed by atoms with Gasteiger partial charge in [-0.3, -0.25) is 4.79 Å². The van der Waals surface area contributed by atoms with Crippen LogP contribution >= 0.6 is 11.3 Å². The molecule has 0 bridgehead atoms. The van der Waals surface area contributed by atoms with Crippen molar-refractivity contribution in [3.05, 3.63) is 21.9 Å². The smallest absolute Gasteiger partial charge is 0.225 e. The van der Waals surface area contributed by atoms with Gasteiger partial charge in [0.05, 0.1) is 18.6 Å². The largest absolute Gasteiger partial charge is 0.388 e. The topological polar surface area (TPSA) is 58.6 Å². The Bertz CT molecular complexity index is 397. The first-order chi connectivity index (χ1) is 8.66. The Kier molecular flexibility index (Phi) is 4.74. The van der Waals surface area contributed by atoms with Crippen LogP contribution in [0.4, 0.5) is 0 Å². The van der Waals surface area contributed by atoms with Gasteiger partial charge in [-0.25, -0.2) is 0 Å². The summed E-state index contributed by atoms with van der Waals surface area (Å²) in [5.41, 5.74) is 0. The van der Waals surface area contributed by atoms with Gasteiger partial charge in [-0.1, -0.05) is 0 Å². The molecule has 100 valence electrons. The number of thiophene rings is 1. The fourth-order valence-electron chi connectivity index (χ4n) is 1.95. The van der Waals surface area contributed by atoms with Crippen LogP contribution < -0.4 is 5.32 Å². The average Bonchev–Trinajstić information content (AvgIpc) is 3.00. The molecule has 2 heterocycles. The molecule has 1 fully saturated rings. The molecule has 1 aliphatic heterocycles. The van der Waals surface area contributed by atoms with Crippen molar-refractivity contribution in [2.45, 2.75) is 25.9 Å². The lowest BCUT2D eigenvalue weighted by atomic mass is 10.1. The first-order valence-electron chi connectivity index (χ1n) is 6.29. The maximum absolute atomic E-state index is 11.7. The number of hydrogen-bond acceptors (Lipinski definition) is 4. The van der Waals surface area contributed by atoms with E-state index >= 15 is 0 Å². The molecule has 1 aromatic rings. The molecule has 0 radical (unpaired) electrons. The summed E-state index contributed by atoms with van der Waals surface area (Å²) in [6, 6.07) is 3.95. The number of carbonyl (C=O) groups excluding carboxylic acids is 1. The molecule has 0 aromatic carbocycles. The van der Waals surface area contributed by atoms with Crippen LogP contribution in [0, 0.1) is 5.92 Å². The molecule has 0 saturated carbocycles. The standard InChI is InChI=1S/C13H19NO3S/c1-9(15)12-3-2-11(18-12)4-6-14-13(16)10-5-7-17-8-10/h2-3,9-10,15H,4-8H2,1H3,(H,14,16)/t9-,10-/m0/s1. The normalized spacial score (nSPS) is 20.9. The first kappa shape index (κ1) is 13.5. The van der Waals surface area contributed by atoms with Gasteiger partial charge in [-0.2, -0.15) is 0 Å². The number of ether oxygens (including phenoxy) is 1. The fraction of sp³-hybridized carbons (Fsp3) is 0.615. The number of aliphatic hydroxyl groups excluding tert-OH is 1. The zero-order valence-corrected chi connectivity index (χ0v) is 11.3. The van der Waals surface area contributed by atoms with E-state index in [2.05, 4.69) is 5.32 Å². The zero-order valence-electron chi connectivity index (χ0n) is 10.5. The molecular formula is C13H19NO3S. The molecule has 1 aromatic heterocycles. The van der Waals surface area contributed by atoms with Gasteiger partial charge in [0.25, 0.3) is 0 Å². The lowest BCUT2D eigenvalue weighted by molar-refractivity contribution is -0.124. The van der Waals surface area contributed by atoms with Crippen molar-refractivity contribution in [2.24, 2.45) is 5.92 Å². The van der Waals surface area contributed by atoms with Gasteiger partial charge < -0.3 is 15.2 Å². The number of hydrogen-bond donors (Lipinski definition) is 2. The Morgan fingerprint density at radius 2 is 2.50 bits per heavy atom. The van der Waals surface area contributed by atoms with E-state index < -0.39 is 6.10 Å². The van der Waals surface area contributed by atoms with Gasteiger partial charge in [0.1, 0.15) is 0 Å². The van der Waals surface area contributed by atoms with Crippen molar-refractivity contribution in [3.8, 4) is 0 Å². The van der Waals surface area contributed by atoms with E-state index in [0.717, 1.165) is 17.7 Å². The SMILES string of the molecule is C[C@H](O)c1ccc(CCNC(=O)[C@H]2CCOC2)s1. The summed E-state index contributed by atoms with van der Waals surface area (Å²) < 4.78 is 5.19. The fourth-order valence-corrected chi connectivity index (χ4v) is 2.90. The van der Waals surface area contributed by atoms with Crippen LogP contribution in [0.2, 0.25) is 0 Å². The predicted molar refractivity (Wildman–Crippen MR) is 70.6 cm³/mol. The van der Waals surface area contributed by atoms with Crippen molar-refractivity contribution in [1.29, 1.82) is 0 Å². The highest BCUT2D eigenvalue weighted by Gasteiger charge is 2.22. The molecule has 2 atom stereocenters. The third kappa shape index (κ3) is 3.54. The van der Waals surface area contributed by atoms with Crippen LogP contribution in [-0.4, -0.2) is 30.8 Å². The Morgan fingerprint density at radius 3 is 3.11 bits per heavy atom. The summed E-state index contributed by atoms with van der Waals surface area (Å²) in [6.07, 6.45) is 1.24. The van der Waals surface area contributed by atoms with E-state index in [1.165, 1.54) is 4.88 Å². The number of aliphatic hydroxyl groups is 1. The van der Waals surface area contributed by atoms with E-state index in [0.29, 0.717) is 19.8 Å². The molecule has 18 heavy (non-hydrogen) atoms.